The van der Waals surface area contributed by atoms with Crippen molar-refractivity contribution in [2.24, 2.45) is 5.73 Å². The fourth-order valence-electron chi connectivity index (χ4n) is 3.51. The molecule has 0 unspecified atom stereocenters. The van der Waals surface area contributed by atoms with Gasteiger partial charge in [0.15, 0.2) is 11.5 Å². The van der Waals surface area contributed by atoms with Gasteiger partial charge in [-0.05, 0) is 23.3 Å². The normalized spacial score (nSPS) is 10.7. The zero-order valence-corrected chi connectivity index (χ0v) is 19.3. The van der Waals surface area contributed by atoms with E-state index in [-0.39, 0.29) is 11.5 Å². The van der Waals surface area contributed by atoms with Crippen LogP contribution in [0, 0.1) is 0 Å². The molecule has 4 rings (SSSR count). The molecule has 172 valence electrons. The van der Waals surface area contributed by atoms with Crippen molar-refractivity contribution in [1.29, 1.82) is 0 Å². The molecule has 8 heteroatoms. The summed E-state index contributed by atoms with van der Waals surface area (Å²) in [6.45, 7) is 0.635. The highest BCUT2D eigenvalue weighted by molar-refractivity contribution is 6.32. The smallest absolute Gasteiger partial charge is 0.360 e. The van der Waals surface area contributed by atoms with E-state index >= 15 is 0 Å². The van der Waals surface area contributed by atoms with E-state index in [0.29, 0.717) is 40.9 Å². The number of anilines is 1. The number of aromatic nitrogens is 2. The van der Waals surface area contributed by atoms with E-state index in [1.165, 1.54) is 7.11 Å². The summed E-state index contributed by atoms with van der Waals surface area (Å²) in [5.41, 5.74) is 16.2. The number of carbonyl (C=O) groups excluding carboxylic acids is 1. The van der Waals surface area contributed by atoms with Crippen LogP contribution in [0.3, 0.4) is 0 Å². The second kappa shape index (κ2) is 10.3. The van der Waals surface area contributed by atoms with Crippen molar-refractivity contribution in [2.45, 2.75) is 13.2 Å². The average molecular weight is 475 g/mol. The largest absolute Gasteiger partial charge is 0.487 e. The number of nitrogens with two attached hydrogens (primary N) is 2. The number of rotatable bonds is 7. The summed E-state index contributed by atoms with van der Waals surface area (Å²) in [5.74, 6) is -0.245. The van der Waals surface area contributed by atoms with Gasteiger partial charge >= 0.3 is 5.97 Å². The number of ether oxygens (including phenoxy) is 2. The zero-order chi connectivity index (χ0) is 24.1. The summed E-state index contributed by atoms with van der Waals surface area (Å²) in [6, 6.07) is 22.6. The summed E-state index contributed by atoms with van der Waals surface area (Å²) in [4.78, 5) is 21.4. The molecule has 34 heavy (non-hydrogen) atoms. The molecule has 0 aliphatic heterocycles. The molecule has 0 saturated heterocycles. The number of methoxy groups -OCH3 is 1. The van der Waals surface area contributed by atoms with Gasteiger partial charge in [-0.15, -0.1) is 0 Å². The molecule has 0 aliphatic carbocycles. The SMILES string of the molecule is COC(=O)c1nc(-c2ccc(Cl)c(OCc3ccccc3)c2)c(-c2ccccc2CN)nc1N. The van der Waals surface area contributed by atoms with Crippen molar-refractivity contribution in [3.8, 4) is 28.3 Å². The fourth-order valence-corrected chi connectivity index (χ4v) is 3.68. The molecule has 0 radical (unpaired) electrons. The Balaban J connectivity index is 1.84. The predicted octanol–water partition coefficient (Wildman–Crippen LogP) is 4.87. The van der Waals surface area contributed by atoms with Gasteiger partial charge in [0.1, 0.15) is 12.4 Å². The Morgan fingerprint density at radius 3 is 2.44 bits per heavy atom. The summed E-state index contributed by atoms with van der Waals surface area (Å²) < 4.78 is 10.8. The van der Waals surface area contributed by atoms with Crippen LogP contribution in [0.2, 0.25) is 5.02 Å². The second-order valence-electron chi connectivity index (χ2n) is 7.43. The topological polar surface area (TPSA) is 113 Å². The monoisotopic (exact) mass is 474 g/mol. The van der Waals surface area contributed by atoms with E-state index < -0.39 is 5.97 Å². The van der Waals surface area contributed by atoms with Gasteiger partial charge in [0, 0.05) is 17.7 Å². The van der Waals surface area contributed by atoms with Crippen LogP contribution in [0.1, 0.15) is 21.6 Å². The van der Waals surface area contributed by atoms with Crippen molar-refractivity contribution >= 4 is 23.4 Å². The number of hydrogen-bond acceptors (Lipinski definition) is 7. The Morgan fingerprint density at radius 1 is 0.971 bits per heavy atom. The van der Waals surface area contributed by atoms with Gasteiger partial charge in [0.05, 0.1) is 23.5 Å². The van der Waals surface area contributed by atoms with Crippen LogP contribution in [0.25, 0.3) is 22.5 Å². The molecule has 0 saturated carbocycles. The van der Waals surface area contributed by atoms with Crippen molar-refractivity contribution in [3.05, 3.63) is 94.6 Å². The lowest BCUT2D eigenvalue weighted by molar-refractivity contribution is 0.0595. The van der Waals surface area contributed by atoms with E-state index in [0.717, 1.165) is 16.7 Å². The van der Waals surface area contributed by atoms with Crippen LogP contribution in [0.5, 0.6) is 5.75 Å². The summed E-state index contributed by atoms with van der Waals surface area (Å²) in [5, 5.41) is 0.445. The first-order chi connectivity index (χ1) is 16.5. The van der Waals surface area contributed by atoms with Crippen LogP contribution in [0.4, 0.5) is 5.82 Å². The Labute approximate surface area is 202 Å². The van der Waals surface area contributed by atoms with Crippen molar-refractivity contribution in [1.82, 2.24) is 9.97 Å². The van der Waals surface area contributed by atoms with Crippen LogP contribution in [0.15, 0.2) is 72.8 Å². The van der Waals surface area contributed by atoms with Gasteiger partial charge in [-0.25, -0.2) is 14.8 Å². The molecule has 1 heterocycles. The predicted molar refractivity (Wildman–Crippen MR) is 132 cm³/mol. The minimum Gasteiger partial charge on any atom is -0.487 e. The molecule has 0 fully saturated rings. The van der Waals surface area contributed by atoms with Crippen molar-refractivity contribution in [2.75, 3.05) is 12.8 Å². The molecule has 0 spiro atoms. The lowest BCUT2D eigenvalue weighted by Crippen LogP contribution is -2.13. The summed E-state index contributed by atoms with van der Waals surface area (Å²) in [7, 11) is 1.26. The highest BCUT2D eigenvalue weighted by atomic mass is 35.5. The number of hydrogen-bond donors (Lipinski definition) is 2. The second-order valence-corrected chi connectivity index (χ2v) is 7.83. The van der Waals surface area contributed by atoms with Crippen molar-refractivity contribution < 1.29 is 14.3 Å². The van der Waals surface area contributed by atoms with E-state index in [2.05, 4.69) is 9.97 Å². The lowest BCUT2D eigenvalue weighted by Gasteiger charge is -2.15. The molecule has 1 aromatic heterocycles. The van der Waals surface area contributed by atoms with Gasteiger partial charge in [0.25, 0.3) is 0 Å². The quantitative estimate of drug-likeness (QED) is 0.367. The third-order valence-electron chi connectivity index (χ3n) is 5.24. The molecule has 0 atom stereocenters. The maximum Gasteiger partial charge on any atom is 0.360 e. The third-order valence-corrected chi connectivity index (χ3v) is 5.55. The van der Waals surface area contributed by atoms with Gasteiger partial charge in [-0.2, -0.15) is 0 Å². The maximum absolute atomic E-state index is 12.3. The first-order valence-electron chi connectivity index (χ1n) is 10.5. The molecule has 4 N–H and O–H groups in total. The first-order valence-corrected chi connectivity index (χ1v) is 10.9. The maximum atomic E-state index is 12.3. The van der Waals surface area contributed by atoms with Gasteiger partial charge in [-0.1, -0.05) is 72.3 Å². The number of benzene rings is 3. The minimum atomic E-state index is -0.681. The van der Waals surface area contributed by atoms with Crippen molar-refractivity contribution in [3.63, 3.8) is 0 Å². The highest BCUT2D eigenvalue weighted by Crippen LogP contribution is 2.36. The Morgan fingerprint density at radius 2 is 1.71 bits per heavy atom. The molecular formula is C26H23ClN4O3. The Hall–Kier alpha value is -3.94. The summed E-state index contributed by atoms with van der Waals surface area (Å²) in [6.07, 6.45) is 0. The Bertz CT molecular complexity index is 1330. The van der Waals surface area contributed by atoms with E-state index in [4.69, 9.17) is 32.5 Å². The fraction of sp³-hybridized carbons (Fsp3) is 0.115. The molecule has 7 nitrogen and oxygen atoms in total. The third kappa shape index (κ3) is 4.85. The average Bonchev–Trinajstić information content (AvgIpc) is 2.88. The first kappa shape index (κ1) is 23.2. The molecule has 0 bridgehead atoms. The van der Waals surface area contributed by atoms with Crippen LogP contribution < -0.4 is 16.2 Å². The molecule has 4 aromatic rings. The standard InChI is InChI=1S/C26H23ClN4O3/c1-33-26(32)24-25(29)31-23(19-10-6-5-9-18(19)14-28)22(30-24)17-11-12-20(27)21(13-17)34-15-16-7-3-2-4-8-16/h2-13H,14-15,28H2,1H3,(H2,29,31). The molecular weight excluding hydrogens is 452 g/mol. The van der Waals surface area contributed by atoms with Gasteiger partial charge in [0.2, 0.25) is 0 Å². The molecule has 3 aromatic carbocycles. The number of nitrogen functional groups attached to an aromatic ring is 1. The van der Waals surface area contributed by atoms with E-state index in [1.807, 2.05) is 54.6 Å². The summed E-state index contributed by atoms with van der Waals surface area (Å²) >= 11 is 6.41. The number of esters is 1. The van der Waals surface area contributed by atoms with Crippen LogP contribution in [-0.4, -0.2) is 23.0 Å². The number of halogens is 1. The minimum absolute atomic E-state index is 0.0352. The number of nitrogens with zero attached hydrogens (tertiary/aromatic N) is 2. The number of carbonyl (C=O) groups is 1. The van der Waals surface area contributed by atoms with Crippen LogP contribution >= 0.6 is 11.6 Å². The van der Waals surface area contributed by atoms with Gasteiger partial charge < -0.3 is 20.9 Å². The highest BCUT2D eigenvalue weighted by Gasteiger charge is 2.22. The van der Waals surface area contributed by atoms with E-state index in [1.54, 1.807) is 18.2 Å². The Kier molecular flexibility index (Phi) is 7.06. The van der Waals surface area contributed by atoms with E-state index in [9.17, 15) is 4.79 Å². The zero-order valence-electron chi connectivity index (χ0n) is 18.5. The van der Waals surface area contributed by atoms with Crippen LogP contribution in [-0.2, 0) is 17.9 Å². The van der Waals surface area contributed by atoms with Gasteiger partial charge in [-0.3, -0.25) is 0 Å². The molecule has 0 amide bonds. The lowest BCUT2D eigenvalue weighted by atomic mass is 9.99. The molecule has 0 aliphatic rings.